The molecule has 1 amide bonds. The molecule has 1 aromatic heterocycles. The van der Waals surface area contributed by atoms with E-state index < -0.39 is 0 Å². The number of amides is 1. The molecular weight excluding hydrogens is 314 g/mol. The van der Waals surface area contributed by atoms with Crippen LogP contribution in [0.1, 0.15) is 23.3 Å². The monoisotopic (exact) mass is 339 g/mol. The lowest BCUT2D eigenvalue weighted by molar-refractivity contribution is 0.0627. The van der Waals surface area contributed by atoms with E-state index in [2.05, 4.69) is 16.9 Å². The molecule has 1 fully saturated rings. The van der Waals surface area contributed by atoms with Crippen molar-refractivity contribution in [2.24, 2.45) is 0 Å². The van der Waals surface area contributed by atoms with Gasteiger partial charge in [-0.1, -0.05) is 24.3 Å². The lowest BCUT2D eigenvalue weighted by atomic mass is 10.0. The molecule has 0 unspecified atom stereocenters. The van der Waals surface area contributed by atoms with E-state index in [0.717, 1.165) is 38.2 Å². The van der Waals surface area contributed by atoms with E-state index in [1.165, 1.54) is 0 Å². The second-order valence-corrected chi connectivity index (χ2v) is 6.38. The molecule has 0 aliphatic carbocycles. The second kappa shape index (κ2) is 8.62. The van der Waals surface area contributed by atoms with Gasteiger partial charge in [0.1, 0.15) is 18.1 Å². The highest BCUT2D eigenvalue weighted by Gasteiger charge is 2.26. The van der Waals surface area contributed by atoms with Crippen molar-refractivity contribution in [3.05, 3.63) is 60.4 Å². The van der Waals surface area contributed by atoms with Crippen LogP contribution >= 0.6 is 0 Å². The predicted octanol–water partition coefficient (Wildman–Crippen LogP) is 2.70. The zero-order chi connectivity index (χ0) is 17.5. The fourth-order valence-corrected chi connectivity index (χ4v) is 3.17. The lowest BCUT2D eigenvalue weighted by Gasteiger charge is -2.36. The summed E-state index contributed by atoms with van der Waals surface area (Å²) in [5.74, 6) is 0.945. The molecule has 0 radical (unpaired) electrons. The summed E-state index contributed by atoms with van der Waals surface area (Å²) < 4.78 is 5.77. The van der Waals surface area contributed by atoms with Crippen LogP contribution in [0.5, 0.6) is 5.75 Å². The van der Waals surface area contributed by atoms with E-state index in [1.54, 1.807) is 12.3 Å². The predicted molar refractivity (Wildman–Crippen MR) is 97.7 cm³/mol. The van der Waals surface area contributed by atoms with Gasteiger partial charge in [0.05, 0.1) is 0 Å². The van der Waals surface area contributed by atoms with Crippen LogP contribution in [0.15, 0.2) is 54.7 Å². The highest BCUT2D eigenvalue weighted by Crippen LogP contribution is 2.17. The fraction of sp³-hybridized carbons (Fsp3) is 0.400. The number of nitrogens with zero attached hydrogens (tertiary/aromatic N) is 3. The van der Waals surface area contributed by atoms with Crippen molar-refractivity contribution < 1.29 is 9.53 Å². The third-order valence-corrected chi connectivity index (χ3v) is 4.71. The molecule has 0 N–H and O–H groups in total. The van der Waals surface area contributed by atoms with Crippen LogP contribution in [-0.2, 0) is 0 Å². The molecule has 0 saturated carbocycles. The van der Waals surface area contributed by atoms with Crippen LogP contribution in [0.4, 0.5) is 0 Å². The molecule has 1 aromatic carbocycles. The fourth-order valence-electron chi connectivity index (χ4n) is 3.17. The summed E-state index contributed by atoms with van der Waals surface area (Å²) in [6.07, 6.45) is 3.64. The van der Waals surface area contributed by atoms with Gasteiger partial charge in [0, 0.05) is 31.9 Å². The SMILES string of the molecule is CN(CCOc1ccccc1)C1CCN(C(=O)c2ccccn2)CC1. The van der Waals surface area contributed by atoms with Crippen molar-refractivity contribution >= 4 is 5.91 Å². The van der Waals surface area contributed by atoms with Crippen molar-refractivity contribution in [3.63, 3.8) is 0 Å². The van der Waals surface area contributed by atoms with Gasteiger partial charge in [-0.2, -0.15) is 0 Å². The Balaban J connectivity index is 1.41. The average molecular weight is 339 g/mol. The van der Waals surface area contributed by atoms with Gasteiger partial charge in [0.2, 0.25) is 0 Å². The van der Waals surface area contributed by atoms with Gasteiger partial charge in [-0.3, -0.25) is 14.7 Å². The largest absolute Gasteiger partial charge is 0.492 e. The summed E-state index contributed by atoms with van der Waals surface area (Å²) in [6, 6.07) is 15.8. The van der Waals surface area contributed by atoms with Crippen LogP contribution in [0, 0.1) is 0 Å². The zero-order valence-electron chi connectivity index (χ0n) is 14.7. The first-order chi connectivity index (χ1) is 12.2. The van der Waals surface area contributed by atoms with E-state index >= 15 is 0 Å². The molecule has 1 aliphatic heterocycles. The number of ether oxygens (including phenoxy) is 1. The number of carbonyl (C=O) groups excluding carboxylic acids is 1. The topological polar surface area (TPSA) is 45.7 Å². The summed E-state index contributed by atoms with van der Waals surface area (Å²) in [4.78, 5) is 20.8. The summed E-state index contributed by atoms with van der Waals surface area (Å²) in [5, 5.41) is 0. The molecule has 132 valence electrons. The van der Waals surface area contributed by atoms with Crippen LogP contribution in [0.25, 0.3) is 0 Å². The first-order valence-electron chi connectivity index (χ1n) is 8.82. The number of piperidine rings is 1. The quantitative estimate of drug-likeness (QED) is 0.812. The third-order valence-electron chi connectivity index (χ3n) is 4.71. The first-order valence-corrected chi connectivity index (χ1v) is 8.82. The Labute approximate surface area is 149 Å². The number of benzene rings is 1. The van der Waals surface area contributed by atoms with Gasteiger partial charge in [-0.25, -0.2) is 0 Å². The Morgan fingerprint density at radius 2 is 1.88 bits per heavy atom. The minimum Gasteiger partial charge on any atom is -0.492 e. The van der Waals surface area contributed by atoms with Gasteiger partial charge in [-0.15, -0.1) is 0 Å². The Morgan fingerprint density at radius 1 is 1.16 bits per heavy atom. The van der Waals surface area contributed by atoms with E-state index in [1.807, 2.05) is 47.4 Å². The molecule has 2 heterocycles. The molecule has 5 nitrogen and oxygen atoms in total. The van der Waals surface area contributed by atoms with Crippen LogP contribution < -0.4 is 4.74 Å². The van der Waals surface area contributed by atoms with Gasteiger partial charge >= 0.3 is 0 Å². The molecule has 2 aromatic rings. The van der Waals surface area contributed by atoms with E-state index in [-0.39, 0.29) is 5.91 Å². The maximum absolute atomic E-state index is 12.4. The number of aromatic nitrogens is 1. The highest BCUT2D eigenvalue weighted by atomic mass is 16.5. The summed E-state index contributed by atoms with van der Waals surface area (Å²) >= 11 is 0. The van der Waals surface area contributed by atoms with E-state index in [9.17, 15) is 4.79 Å². The Bertz CT molecular complexity index is 655. The molecule has 0 bridgehead atoms. The summed E-state index contributed by atoms with van der Waals surface area (Å²) in [6.45, 7) is 3.12. The molecule has 5 heteroatoms. The van der Waals surface area contributed by atoms with Crippen molar-refractivity contribution in [2.45, 2.75) is 18.9 Å². The maximum atomic E-state index is 12.4. The van der Waals surface area contributed by atoms with Crippen LogP contribution in [0.2, 0.25) is 0 Å². The molecule has 1 aliphatic rings. The van der Waals surface area contributed by atoms with E-state index in [0.29, 0.717) is 18.3 Å². The van der Waals surface area contributed by atoms with Crippen molar-refractivity contribution in [1.29, 1.82) is 0 Å². The number of rotatable bonds is 6. The lowest BCUT2D eigenvalue weighted by Crippen LogP contribution is -2.46. The molecule has 0 spiro atoms. The molecule has 0 atom stereocenters. The third kappa shape index (κ3) is 4.79. The van der Waals surface area contributed by atoms with E-state index in [4.69, 9.17) is 4.74 Å². The van der Waals surface area contributed by atoms with Crippen molar-refractivity contribution in [2.75, 3.05) is 33.3 Å². The van der Waals surface area contributed by atoms with Crippen LogP contribution in [0.3, 0.4) is 0 Å². The Kier molecular flexibility index (Phi) is 6.01. The highest BCUT2D eigenvalue weighted by molar-refractivity contribution is 5.92. The van der Waals surface area contributed by atoms with Crippen molar-refractivity contribution in [1.82, 2.24) is 14.8 Å². The minimum absolute atomic E-state index is 0.0362. The summed E-state index contributed by atoms with van der Waals surface area (Å²) in [5.41, 5.74) is 0.533. The second-order valence-electron chi connectivity index (χ2n) is 6.38. The van der Waals surface area contributed by atoms with Gasteiger partial charge in [0.15, 0.2) is 0 Å². The number of para-hydroxylation sites is 1. The average Bonchev–Trinajstić information content (AvgIpc) is 2.69. The normalized spacial score (nSPS) is 15.4. The molecule has 1 saturated heterocycles. The number of carbonyl (C=O) groups is 1. The number of hydrogen-bond acceptors (Lipinski definition) is 4. The number of pyridine rings is 1. The van der Waals surface area contributed by atoms with Gasteiger partial charge < -0.3 is 9.64 Å². The smallest absolute Gasteiger partial charge is 0.272 e. The number of likely N-dealkylation sites (N-methyl/N-ethyl adjacent to an activating group) is 1. The van der Waals surface area contributed by atoms with Gasteiger partial charge in [-0.05, 0) is 44.2 Å². The standard InChI is InChI=1S/C20H25N3O2/c1-22(15-16-25-18-7-3-2-4-8-18)17-10-13-23(14-11-17)20(24)19-9-5-6-12-21-19/h2-9,12,17H,10-11,13-16H2,1H3. The maximum Gasteiger partial charge on any atom is 0.272 e. The molecular formula is C20H25N3O2. The number of likely N-dealkylation sites (tertiary alicyclic amines) is 1. The number of hydrogen-bond donors (Lipinski definition) is 0. The van der Waals surface area contributed by atoms with Crippen LogP contribution in [-0.4, -0.2) is 60.0 Å². The minimum atomic E-state index is 0.0362. The van der Waals surface area contributed by atoms with Crippen molar-refractivity contribution in [3.8, 4) is 5.75 Å². The Morgan fingerprint density at radius 3 is 2.56 bits per heavy atom. The summed E-state index contributed by atoms with van der Waals surface area (Å²) in [7, 11) is 2.13. The molecule has 25 heavy (non-hydrogen) atoms. The zero-order valence-corrected chi connectivity index (χ0v) is 14.7. The van der Waals surface area contributed by atoms with Gasteiger partial charge in [0.25, 0.3) is 5.91 Å². The first kappa shape index (κ1) is 17.4. The molecule has 3 rings (SSSR count). The Hall–Kier alpha value is -2.40.